The van der Waals surface area contributed by atoms with Crippen molar-refractivity contribution in [3.8, 4) is 0 Å². The third kappa shape index (κ3) is 4.05. The van der Waals surface area contributed by atoms with Crippen LogP contribution in [0, 0.1) is 12.7 Å². The number of aryl methyl sites for hydroxylation is 1. The summed E-state index contributed by atoms with van der Waals surface area (Å²) in [5.74, 6) is -0.268. The van der Waals surface area contributed by atoms with E-state index in [0.29, 0.717) is 17.7 Å². The first kappa shape index (κ1) is 15.1. The number of aliphatic hydroxyl groups excluding tert-OH is 2. The summed E-state index contributed by atoms with van der Waals surface area (Å²) in [4.78, 5) is 0. The Morgan fingerprint density at radius 3 is 2.50 bits per heavy atom. The van der Waals surface area contributed by atoms with Crippen LogP contribution in [0.5, 0.6) is 0 Å². The average molecular weight is 255 g/mol. The van der Waals surface area contributed by atoms with Crippen LogP contribution in [0.2, 0.25) is 0 Å². The van der Waals surface area contributed by atoms with Crippen molar-refractivity contribution in [3.05, 3.63) is 35.1 Å². The number of benzene rings is 1. The van der Waals surface area contributed by atoms with Gasteiger partial charge in [-0.1, -0.05) is 19.1 Å². The van der Waals surface area contributed by atoms with Crippen LogP contribution in [-0.2, 0) is 0 Å². The van der Waals surface area contributed by atoms with E-state index in [9.17, 15) is 14.6 Å². The zero-order chi connectivity index (χ0) is 13.7. The molecular weight excluding hydrogens is 233 g/mol. The number of rotatable bonds is 6. The van der Waals surface area contributed by atoms with Crippen molar-refractivity contribution < 1.29 is 14.6 Å². The Morgan fingerprint density at radius 2 is 2.00 bits per heavy atom. The molecule has 0 saturated heterocycles. The largest absolute Gasteiger partial charge is 0.392 e. The van der Waals surface area contributed by atoms with E-state index in [-0.39, 0.29) is 11.9 Å². The predicted molar refractivity (Wildman–Crippen MR) is 69.9 cm³/mol. The lowest BCUT2D eigenvalue weighted by molar-refractivity contribution is 0.112. The second-order valence-corrected chi connectivity index (χ2v) is 4.73. The highest BCUT2D eigenvalue weighted by Crippen LogP contribution is 2.21. The minimum Gasteiger partial charge on any atom is -0.392 e. The Labute approximate surface area is 108 Å². The zero-order valence-electron chi connectivity index (χ0n) is 11.2. The standard InChI is InChI=1S/C14H22FNO2/c1-4-13(16-8-10(3)17)14(18)11-5-6-12(15)9(2)7-11/h5-7,10,13-14,16-18H,4,8H2,1-3H3. The fourth-order valence-corrected chi connectivity index (χ4v) is 1.89. The van der Waals surface area contributed by atoms with Crippen LogP contribution in [0.4, 0.5) is 4.39 Å². The topological polar surface area (TPSA) is 52.5 Å². The molecule has 0 spiro atoms. The molecule has 0 radical (unpaired) electrons. The van der Waals surface area contributed by atoms with Crippen LogP contribution in [0.25, 0.3) is 0 Å². The second kappa shape index (κ2) is 6.83. The van der Waals surface area contributed by atoms with E-state index < -0.39 is 12.2 Å². The van der Waals surface area contributed by atoms with Gasteiger partial charge >= 0.3 is 0 Å². The Morgan fingerprint density at radius 1 is 1.33 bits per heavy atom. The molecule has 0 aliphatic rings. The monoisotopic (exact) mass is 255 g/mol. The van der Waals surface area contributed by atoms with Crippen molar-refractivity contribution >= 4 is 0 Å². The summed E-state index contributed by atoms with van der Waals surface area (Å²) >= 11 is 0. The van der Waals surface area contributed by atoms with Gasteiger partial charge < -0.3 is 15.5 Å². The van der Waals surface area contributed by atoms with Gasteiger partial charge in [0, 0.05) is 12.6 Å². The number of aliphatic hydroxyl groups is 2. The molecule has 18 heavy (non-hydrogen) atoms. The van der Waals surface area contributed by atoms with E-state index in [4.69, 9.17) is 0 Å². The van der Waals surface area contributed by atoms with Gasteiger partial charge in [-0.05, 0) is 37.5 Å². The summed E-state index contributed by atoms with van der Waals surface area (Å²) in [6.07, 6.45) is -0.432. The van der Waals surface area contributed by atoms with Crippen molar-refractivity contribution in [2.75, 3.05) is 6.54 Å². The first-order valence-corrected chi connectivity index (χ1v) is 6.31. The molecule has 4 heteroatoms. The Hall–Kier alpha value is -0.970. The lowest BCUT2D eigenvalue weighted by atomic mass is 9.98. The number of nitrogens with one attached hydrogen (secondary N) is 1. The maximum absolute atomic E-state index is 13.2. The van der Waals surface area contributed by atoms with Crippen LogP contribution in [0.1, 0.15) is 37.5 Å². The molecule has 1 aromatic carbocycles. The minimum absolute atomic E-state index is 0.149. The van der Waals surface area contributed by atoms with E-state index >= 15 is 0 Å². The second-order valence-electron chi connectivity index (χ2n) is 4.73. The van der Waals surface area contributed by atoms with E-state index in [0.717, 1.165) is 6.42 Å². The molecule has 3 N–H and O–H groups in total. The molecule has 1 rings (SSSR count). The first-order valence-electron chi connectivity index (χ1n) is 6.31. The van der Waals surface area contributed by atoms with E-state index in [2.05, 4.69) is 5.32 Å². The van der Waals surface area contributed by atoms with Gasteiger partial charge in [0.15, 0.2) is 0 Å². The smallest absolute Gasteiger partial charge is 0.126 e. The van der Waals surface area contributed by atoms with Crippen molar-refractivity contribution in [2.24, 2.45) is 0 Å². The van der Waals surface area contributed by atoms with Crippen LogP contribution >= 0.6 is 0 Å². The molecular formula is C14H22FNO2. The summed E-state index contributed by atoms with van der Waals surface area (Å²) in [6, 6.07) is 4.48. The number of hydrogen-bond donors (Lipinski definition) is 3. The van der Waals surface area contributed by atoms with Crippen molar-refractivity contribution in [2.45, 2.75) is 45.4 Å². The number of halogens is 1. The molecule has 1 aromatic rings. The molecule has 0 aliphatic carbocycles. The normalized spacial score (nSPS) is 16.3. The quantitative estimate of drug-likeness (QED) is 0.728. The average Bonchev–Trinajstić information content (AvgIpc) is 2.32. The molecule has 0 aliphatic heterocycles. The van der Waals surface area contributed by atoms with Gasteiger partial charge in [0.2, 0.25) is 0 Å². The van der Waals surface area contributed by atoms with E-state index in [1.54, 1.807) is 26.0 Å². The molecule has 3 nitrogen and oxygen atoms in total. The third-order valence-corrected chi connectivity index (χ3v) is 3.02. The van der Waals surface area contributed by atoms with Gasteiger partial charge in [-0.15, -0.1) is 0 Å². The fraction of sp³-hybridized carbons (Fsp3) is 0.571. The van der Waals surface area contributed by atoms with Gasteiger partial charge in [0.05, 0.1) is 12.2 Å². The molecule has 0 amide bonds. The van der Waals surface area contributed by atoms with Crippen molar-refractivity contribution in [1.29, 1.82) is 0 Å². The summed E-state index contributed by atoms with van der Waals surface area (Å²) in [5.41, 5.74) is 1.22. The summed E-state index contributed by atoms with van der Waals surface area (Å²) in [6.45, 7) is 5.75. The summed E-state index contributed by atoms with van der Waals surface area (Å²) < 4.78 is 13.2. The van der Waals surface area contributed by atoms with Crippen LogP contribution in [0.15, 0.2) is 18.2 Å². The summed E-state index contributed by atoms with van der Waals surface area (Å²) in [7, 11) is 0. The van der Waals surface area contributed by atoms with Crippen molar-refractivity contribution in [3.63, 3.8) is 0 Å². The van der Waals surface area contributed by atoms with E-state index in [1.165, 1.54) is 6.07 Å². The molecule has 0 saturated carbocycles. The maximum Gasteiger partial charge on any atom is 0.126 e. The molecule has 0 bridgehead atoms. The van der Waals surface area contributed by atoms with E-state index in [1.807, 2.05) is 6.92 Å². The Bertz CT molecular complexity index is 382. The van der Waals surface area contributed by atoms with Gasteiger partial charge in [-0.2, -0.15) is 0 Å². The predicted octanol–water partition coefficient (Wildman–Crippen LogP) is 1.92. The number of hydrogen-bond acceptors (Lipinski definition) is 3. The third-order valence-electron chi connectivity index (χ3n) is 3.02. The first-order chi connectivity index (χ1) is 8.45. The fourth-order valence-electron chi connectivity index (χ4n) is 1.89. The molecule has 102 valence electrons. The van der Waals surface area contributed by atoms with Gasteiger partial charge in [-0.3, -0.25) is 0 Å². The van der Waals surface area contributed by atoms with Gasteiger partial charge in [0.1, 0.15) is 5.82 Å². The highest BCUT2D eigenvalue weighted by Gasteiger charge is 2.19. The highest BCUT2D eigenvalue weighted by molar-refractivity contribution is 5.26. The van der Waals surface area contributed by atoms with Crippen molar-refractivity contribution in [1.82, 2.24) is 5.32 Å². The molecule has 0 aromatic heterocycles. The summed E-state index contributed by atoms with van der Waals surface area (Å²) in [5, 5.41) is 22.6. The molecule has 0 fully saturated rings. The zero-order valence-corrected chi connectivity index (χ0v) is 11.2. The maximum atomic E-state index is 13.2. The SMILES string of the molecule is CCC(NCC(C)O)C(O)c1ccc(F)c(C)c1. The van der Waals surface area contributed by atoms with Crippen LogP contribution < -0.4 is 5.32 Å². The van der Waals surface area contributed by atoms with Crippen LogP contribution in [0.3, 0.4) is 0 Å². The van der Waals surface area contributed by atoms with Gasteiger partial charge in [-0.25, -0.2) is 4.39 Å². The lowest BCUT2D eigenvalue weighted by Gasteiger charge is -2.24. The molecule has 0 heterocycles. The van der Waals surface area contributed by atoms with Crippen LogP contribution in [-0.4, -0.2) is 28.9 Å². The Kier molecular flexibility index (Phi) is 5.72. The molecule has 3 unspecified atom stereocenters. The molecule has 3 atom stereocenters. The highest BCUT2D eigenvalue weighted by atomic mass is 19.1. The lowest BCUT2D eigenvalue weighted by Crippen LogP contribution is -2.38. The van der Waals surface area contributed by atoms with Gasteiger partial charge in [0.25, 0.3) is 0 Å². The minimum atomic E-state index is -0.701. The Balaban J connectivity index is 2.76.